The van der Waals surface area contributed by atoms with Gasteiger partial charge in [-0.2, -0.15) is 0 Å². The van der Waals surface area contributed by atoms with Crippen LogP contribution in [0.25, 0.3) is 0 Å². The van der Waals surface area contributed by atoms with Crippen LogP contribution >= 0.6 is 0 Å². The van der Waals surface area contributed by atoms with Crippen molar-refractivity contribution in [2.75, 3.05) is 6.61 Å². The highest BCUT2D eigenvalue weighted by molar-refractivity contribution is 6.03. The van der Waals surface area contributed by atoms with Gasteiger partial charge in [0.25, 0.3) is 5.91 Å². The molecule has 3 aromatic rings. The maximum Gasteiger partial charge on any atom is 0.319 e. The number of rotatable bonds is 4. The number of ether oxygens (including phenoxy) is 1. The summed E-state index contributed by atoms with van der Waals surface area (Å²) in [5.74, 6) is -0.299. The molecular formula is C27H25NO3. The van der Waals surface area contributed by atoms with Gasteiger partial charge in [-0.25, -0.2) is 0 Å². The first-order valence-electron chi connectivity index (χ1n) is 10.8. The van der Waals surface area contributed by atoms with E-state index in [1.54, 1.807) is 0 Å². The molecule has 4 nitrogen and oxygen atoms in total. The van der Waals surface area contributed by atoms with E-state index >= 15 is 0 Å². The molecule has 31 heavy (non-hydrogen) atoms. The Morgan fingerprint density at radius 2 is 1.77 bits per heavy atom. The van der Waals surface area contributed by atoms with Crippen molar-refractivity contribution in [3.63, 3.8) is 0 Å². The number of fused-ring (bicyclic) bond motifs is 5. The monoisotopic (exact) mass is 411 g/mol. The lowest BCUT2D eigenvalue weighted by Gasteiger charge is -2.45. The molecule has 0 spiro atoms. The summed E-state index contributed by atoms with van der Waals surface area (Å²) in [6, 6.07) is 23.2. The summed E-state index contributed by atoms with van der Waals surface area (Å²) >= 11 is 0. The molecule has 0 saturated heterocycles. The van der Waals surface area contributed by atoms with Gasteiger partial charge in [0.05, 0.1) is 12.6 Å². The average Bonchev–Trinajstić information content (AvgIpc) is 3.15. The summed E-state index contributed by atoms with van der Waals surface area (Å²) < 4.78 is 5.67. The van der Waals surface area contributed by atoms with Gasteiger partial charge in [-0.05, 0) is 54.2 Å². The number of carbonyl (C=O) groups excluding carboxylic acids is 2. The molecule has 1 aliphatic carbocycles. The number of hydrogen-bond donors (Lipinski definition) is 0. The van der Waals surface area contributed by atoms with Crippen molar-refractivity contribution in [1.82, 2.24) is 4.90 Å². The average molecular weight is 412 g/mol. The van der Waals surface area contributed by atoms with Crippen molar-refractivity contribution >= 4 is 11.9 Å². The van der Waals surface area contributed by atoms with Gasteiger partial charge in [0.1, 0.15) is 5.41 Å². The number of aryl methyl sites for hydroxylation is 1. The zero-order valence-corrected chi connectivity index (χ0v) is 17.8. The second-order valence-electron chi connectivity index (χ2n) is 8.38. The van der Waals surface area contributed by atoms with Crippen LogP contribution in [0.5, 0.6) is 0 Å². The topological polar surface area (TPSA) is 46.6 Å². The maximum atomic E-state index is 13.8. The fourth-order valence-electron chi connectivity index (χ4n) is 5.37. The normalized spacial score (nSPS) is 21.3. The molecule has 0 aromatic heterocycles. The molecule has 1 heterocycles. The molecule has 2 aliphatic rings. The highest BCUT2D eigenvalue weighted by Gasteiger charge is 2.61. The molecule has 0 radical (unpaired) electrons. The Hall–Kier alpha value is -3.40. The van der Waals surface area contributed by atoms with Crippen molar-refractivity contribution in [2.45, 2.75) is 38.3 Å². The van der Waals surface area contributed by atoms with Crippen LogP contribution in [0.15, 0.2) is 72.8 Å². The highest BCUT2D eigenvalue weighted by Crippen LogP contribution is 2.56. The second-order valence-corrected chi connectivity index (χ2v) is 8.38. The SMILES string of the molecule is CCOC(=O)[C@]12Cc3c(C)cccc3[C@H]1N(Cc1ccccc1)C(=O)c1ccccc12. The van der Waals surface area contributed by atoms with Gasteiger partial charge in [-0.1, -0.05) is 66.7 Å². The van der Waals surface area contributed by atoms with E-state index < -0.39 is 11.5 Å². The molecular weight excluding hydrogens is 386 g/mol. The summed E-state index contributed by atoms with van der Waals surface area (Å²) in [4.78, 5) is 29.3. The van der Waals surface area contributed by atoms with Gasteiger partial charge in [0.15, 0.2) is 0 Å². The molecule has 0 unspecified atom stereocenters. The van der Waals surface area contributed by atoms with Crippen molar-refractivity contribution < 1.29 is 14.3 Å². The Kier molecular flexibility index (Phi) is 4.66. The lowest BCUT2D eigenvalue weighted by atomic mass is 9.69. The summed E-state index contributed by atoms with van der Waals surface area (Å²) in [7, 11) is 0. The van der Waals surface area contributed by atoms with E-state index in [-0.39, 0.29) is 11.9 Å². The van der Waals surface area contributed by atoms with Crippen molar-refractivity contribution in [2.24, 2.45) is 0 Å². The zero-order chi connectivity index (χ0) is 21.6. The predicted octanol–water partition coefficient (Wildman–Crippen LogP) is 4.75. The molecule has 0 N–H and O–H groups in total. The largest absolute Gasteiger partial charge is 0.465 e. The Balaban J connectivity index is 1.78. The number of nitrogens with zero attached hydrogens (tertiary/aromatic N) is 1. The third-order valence-corrected chi connectivity index (χ3v) is 6.71. The van der Waals surface area contributed by atoms with Crippen molar-refractivity contribution in [3.8, 4) is 0 Å². The Bertz CT molecular complexity index is 1170. The third-order valence-electron chi connectivity index (χ3n) is 6.71. The lowest BCUT2D eigenvalue weighted by Crippen LogP contribution is -2.54. The van der Waals surface area contributed by atoms with Gasteiger partial charge in [-0.3, -0.25) is 9.59 Å². The van der Waals surface area contributed by atoms with E-state index in [0.29, 0.717) is 25.1 Å². The van der Waals surface area contributed by atoms with E-state index in [0.717, 1.165) is 27.8 Å². The number of benzene rings is 3. The minimum atomic E-state index is -0.941. The van der Waals surface area contributed by atoms with Gasteiger partial charge in [0, 0.05) is 12.1 Å². The van der Waals surface area contributed by atoms with Gasteiger partial charge >= 0.3 is 5.97 Å². The smallest absolute Gasteiger partial charge is 0.319 e. The Morgan fingerprint density at radius 3 is 2.55 bits per heavy atom. The first-order valence-corrected chi connectivity index (χ1v) is 10.8. The standard InChI is InChI=1S/C27H25NO3/c1-3-31-26(30)27-16-22-18(2)10-9-14-20(22)24(27)28(17-19-11-5-4-6-12-19)25(29)21-13-7-8-15-23(21)27/h4-15,24H,3,16-17H2,1-2H3/t24-,27+/m1/s1. The van der Waals surface area contributed by atoms with Crippen molar-refractivity contribution in [1.29, 1.82) is 0 Å². The molecule has 2 atom stereocenters. The molecule has 0 bridgehead atoms. The molecule has 1 aliphatic heterocycles. The molecule has 0 fully saturated rings. The van der Waals surface area contributed by atoms with Crippen LogP contribution in [0.2, 0.25) is 0 Å². The van der Waals surface area contributed by atoms with Crippen LogP contribution in [-0.2, 0) is 27.9 Å². The molecule has 0 saturated carbocycles. The number of esters is 1. The third kappa shape index (κ3) is 2.82. The fourth-order valence-corrected chi connectivity index (χ4v) is 5.37. The molecule has 156 valence electrons. The lowest BCUT2D eigenvalue weighted by molar-refractivity contribution is -0.153. The van der Waals surface area contributed by atoms with Crippen LogP contribution < -0.4 is 0 Å². The Labute approximate surface area is 182 Å². The summed E-state index contributed by atoms with van der Waals surface area (Å²) in [5.41, 5.74) is 4.80. The first-order chi connectivity index (χ1) is 15.1. The Morgan fingerprint density at radius 1 is 1.03 bits per heavy atom. The van der Waals surface area contributed by atoms with Crippen LogP contribution in [-0.4, -0.2) is 23.4 Å². The van der Waals surface area contributed by atoms with Gasteiger partial charge < -0.3 is 9.64 Å². The molecule has 5 rings (SSSR count). The fraction of sp³-hybridized carbons (Fsp3) is 0.259. The minimum absolute atomic E-state index is 0.0428. The van der Waals surface area contributed by atoms with Crippen LogP contribution in [0.4, 0.5) is 0 Å². The van der Waals surface area contributed by atoms with Gasteiger partial charge in [0.2, 0.25) is 0 Å². The van der Waals surface area contributed by atoms with Crippen LogP contribution in [0, 0.1) is 6.92 Å². The zero-order valence-electron chi connectivity index (χ0n) is 17.8. The summed E-state index contributed by atoms with van der Waals surface area (Å²) in [6.07, 6.45) is 0.536. The van der Waals surface area contributed by atoms with Crippen LogP contribution in [0.1, 0.15) is 51.1 Å². The number of hydrogen-bond acceptors (Lipinski definition) is 3. The number of amides is 1. The maximum absolute atomic E-state index is 13.8. The van der Waals surface area contributed by atoms with Gasteiger partial charge in [-0.15, -0.1) is 0 Å². The number of carbonyl (C=O) groups is 2. The van der Waals surface area contributed by atoms with E-state index in [4.69, 9.17) is 4.74 Å². The van der Waals surface area contributed by atoms with Crippen molar-refractivity contribution in [3.05, 3.63) is 106 Å². The molecule has 1 amide bonds. The minimum Gasteiger partial charge on any atom is -0.465 e. The summed E-state index contributed by atoms with van der Waals surface area (Å²) in [5, 5.41) is 0. The second kappa shape index (κ2) is 7.38. The highest BCUT2D eigenvalue weighted by atomic mass is 16.5. The first kappa shape index (κ1) is 19.6. The predicted molar refractivity (Wildman–Crippen MR) is 119 cm³/mol. The molecule has 4 heteroatoms. The van der Waals surface area contributed by atoms with Crippen LogP contribution in [0.3, 0.4) is 0 Å². The van der Waals surface area contributed by atoms with E-state index in [1.807, 2.05) is 72.5 Å². The van der Waals surface area contributed by atoms with E-state index in [2.05, 4.69) is 19.1 Å². The van der Waals surface area contributed by atoms with E-state index in [9.17, 15) is 9.59 Å². The summed E-state index contributed by atoms with van der Waals surface area (Å²) in [6.45, 7) is 4.65. The quantitative estimate of drug-likeness (QED) is 0.582. The molecule has 3 aromatic carbocycles. The van der Waals surface area contributed by atoms with E-state index in [1.165, 1.54) is 0 Å².